The van der Waals surface area contributed by atoms with Gasteiger partial charge in [0.1, 0.15) is 11.8 Å². The Bertz CT molecular complexity index is 439. The minimum absolute atomic E-state index is 0.354. The zero-order valence-electron chi connectivity index (χ0n) is 7.36. The quantitative estimate of drug-likeness (QED) is 0.836. The molecule has 2 heterocycles. The highest BCUT2D eigenvalue weighted by Crippen LogP contribution is 2.14. The summed E-state index contributed by atoms with van der Waals surface area (Å²) in [6.45, 7) is 0.610. The first kappa shape index (κ1) is 8.85. The predicted molar refractivity (Wildman–Crippen MR) is 55.1 cm³/mol. The van der Waals surface area contributed by atoms with Gasteiger partial charge in [-0.25, -0.2) is 0 Å². The van der Waals surface area contributed by atoms with Gasteiger partial charge in [-0.2, -0.15) is 16.6 Å². The van der Waals surface area contributed by atoms with E-state index < -0.39 is 0 Å². The Hall–Kier alpha value is -1.73. The number of nitriles is 1. The molecule has 0 aromatic carbocycles. The fourth-order valence-electron chi connectivity index (χ4n) is 1.09. The zero-order valence-corrected chi connectivity index (χ0v) is 8.17. The van der Waals surface area contributed by atoms with Crippen molar-refractivity contribution in [1.82, 2.24) is 0 Å². The number of hydrogen-bond donors (Lipinski definition) is 1. The Morgan fingerprint density at radius 2 is 2.36 bits per heavy atom. The molecule has 0 unspecified atom stereocenters. The normalized spacial score (nSPS) is 9.64. The number of nitrogens with zero attached hydrogens (tertiary/aromatic N) is 1. The predicted octanol–water partition coefficient (Wildman–Crippen LogP) is 2.82. The van der Waals surface area contributed by atoms with Gasteiger partial charge < -0.3 is 9.73 Å². The molecule has 2 aromatic rings. The number of furan rings is 1. The third kappa shape index (κ3) is 1.95. The van der Waals surface area contributed by atoms with Crippen LogP contribution in [-0.2, 0) is 6.54 Å². The van der Waals surface area contributed by atoms with E-state index in [9.17, 15) is 0 Å². The van der Waals surface area contributed by atoms with Crippen LogP contribution in [0.4, 0.5) is 5.69 Å². The largest absolute Gasteiger partial charge is 0.449 e. The number of thiophene rings is 1. The van der Waals surface area contributed by atoms with E-state index in [1.54, 1.807) is 23.5 Å². The second-order valence-electron chi connectivity index (χ2n) is 2.74. The van der Waals surface area contributed by atoms with E-state index in [1.165, 1.54) is 0 Å². The number of anilines is 1. The summed E-state index contributed by atoms with van der Waals surface area (Å²) in [4.78, 5) is 0. The second-order valence-corrected chi connectivity index (χ2v) is 3.52. The molecule has 14 heavy (non-hydrogen) atoms. The Balaban J connectivity index is 1.96. The van der Waals surface area contributed by atoms with Crippen LogP contribution >= 0.6 is 11.3 Å². The summed E-state index contributed by atoms with van der Waals surface area (Å²) in [5.74, 6) is 1.12. The molecule has 3 nitrogen and oxygen atoms in total. The fourth-order valence-corrected chi connectivity index (χ4v) is 1.70. The van der Waals surface area contributed by atoms with Gasteiger partial charge in [0.2, 0.25) is 5.76 Å². The van der Waals surface area contributed by atoms with Gasteiger partial charge in [0.15, 0.2) is 0 Å². The first-order valence-electron chi connectivity index (χ1n) is 4.13. The molecule has 1 N–H and O–H groups in total. The smallest absolute Gasteiger partial charge is 0.203 e. The van der Waals surface area contributed by atoms with Crippen LogP contribution in [0.5, 0.6) is 0 Å². The molecule has 0 saturated heterocycles. The summed E-state index contributed by atoms with van der Waals surface area (Å²) in [5.41, 5.74) is 1.07. The van der Waals surface area contributed by atoms with Crippen molar-refractivity contribution in [2.24, 2.45) is 0 Å². The van der Waals surface area contributed by atoms with Crippen LogP contribution in [-0.4, -0.2) is 0 Å². The number of hydrogen-bond acceptors (Lipinski definition) is 4. The van der Waals surface area contributed by atoms with Gasteiger partial charge in [0, 0.05) is 11.1 Å². The third-order valence-corrected chi connectivity index (χ3v) is 2.44. The molecule has 0 atom stereocenters. The van der Waals surface area contributed by atoms with E-state index in [1.807, 2.05) is 22.9 Å². The van der Waals surface area contributed by atoms with Crippen molar-refractivity contribution in [2.45, 2.75) is 6.54 Å². The van der Waals surface area contributed by atoms with Crippen molar-refractivity contribution in [2.75, 3.05) is 5.32 Å². The minimum atomic E-state index is 0.354. The van der Waals surface area contributed by atoms with E-state index >= 15 is 0 Å². The number of nitrogens with one attached hydrogen (secondary N) is 1. The second kappa shape index (κ2) is 3.99. The maximum Gasteiger partial charge on any atom is 0.203 e. The van der Waals surface area contributed by atoms with Gasteiger partial charge in [0.05, 0.1) is 6.54 Å². The molecule has 0 amide bonds. The molecule has 0 saturated carbocycles. The van der Waals surface area contributed by atoms with Crippen LogP contribution in [0.3, 0.4) is 0 Å². The van der Waals surface area contributed by atoms with Crippen molar-refractivity contribution >= 4 is 17.0 Å². The number of rotatable bonds is 3. The maximum absolute atomic E-state index is 8.54. The lowest BCUT2D eigenvalue weighted by atomic mass is 10.4. The molecule has 0 bridgehead atoms. The van der Waals surface area contributed by atoms with Gasteiger partial charge in [-0.1, -0.05) is 0 Å². The molecule has 0 fully saturated rings. The molecule has 70 valence electrons. The lowest BCUT2D eigenvalue weighted by Crippen LogP contribution is -1.95. The Kier molecular flexibility index (Phi) is 2.52. The van der Waals surface area contributed by atoms with Gasteiger partial charge in [0.25, 0.3) is 0 Å². The van der Waals surface area contributed by atoms with Crippen LogP contribution in [0, 0.1) is 11.3 Å². The molecule has 2 aromatic heterocycles. The molecule has 4 heteroatoms. The Labute approximate surface area is 85.6 Å². The summed E-state index contributed by atoms with van der Waals surface area (Å²) in [5, 5.41) is 15.8. The van der Waals surface area contributed by atoms with Crippen molar-refractivity contribution in [3.8, 4) is 6.07 Å². The maximum atomic E-state index is 8.54. The van der Waals surface area contributed by atoms with Crippen LogP contribution in [0.1, 0.15) is 11.5 Å². The van der Waals surface area contributed by atoms with Gasteiger partial charge >= 0.3 is 0 Å². The lowest BCUT2D eigenvalue weighted by Gasteiger charge is -1.99. The van der Waals surface area contributed by atoms with Gasteiger partial charge in [-0.05, 0) is 23.6 Å². The summed E-state index contributed by atoms with van der Waals surface area (Å²) in [6, 6.07) is 7.42. The summed E-state index contributed by atoms with van der Waals surface area (Å²) >= 11 is 1.64. The fraction of sp³-hybridized carbons (Fsp3) is 0.100. The molecule has 0 aliphatic heterocycles. The summed E-state index contributed by atoms with van der Waals surface area (Å²) < 4.78 is 5.21. The van der Waals surface area contributed by atoms with E-state index in [4.69, 9.17) is 9.68 Å². The third-order valence-electron chi connectivity index (χ3n) is 1.76. The van der Waals surface area contributed by atoms with Crippen LogP contribution in [0.2, 0.25) is 0 Å². The average Bonchev–Trinajstić information content (AvgIpc) is 2.86. The van der Waals surface area contributed by atoms with E-state index in [0.29, 0.717) is 12.3 Å². The molecule has 0 aliphatic carbocycles. The Morgan fingerprint density at radius 1 is 1.43 bits per heavy atom. The highest BCUT2D eigenvalue weighted by atomic mass is 32.1. The van der Waals surface area contributed by atoms with E-state index in [2.05, 4.69) is 5.32 Å². The molecular weight excluding hydrogens is 196 g/mol. The van der Waals surface area contributed by atoms with Crippen molar-refractivity contribution < 1.29 is 4.42 Å². The van der Waals surface area contributed by atoms with Crippen LogP contribution in [0.25, 0.3) is 0 Å². The minimum Gasteiger partial charge on any atom is -0.449 e. The Morgan fingerprint density at radius 3 is 3.00 bits per heavy atom. The highest BCUT2D eigenvalue weighted by molar-refractivity contribution is 7.08. The van der Waals surface area contributed by atoms with E-state index in [0.717, 1.165) is 11.4 Å². The van der Waals surface area contributed by atoms with Crippen molar-refractivity contribution in [3.05, 3.63) is 40.5 Å². The van der Waals surface area contributed by atoms with E-state index in [-0.39, 0.29) is 0 Å². The lowest BCUT2D eigenvalue weighted by molar-refractivity contribution is 0.506. The first-order chi connectivity index (χ1) is 6.88. The summed E-state index contributed by atoms with van der Waals surface area (Å²) in [6.07, 6.45) is 0. The van der Waals surface area contributed by atoms with Crippen molar-refractivity contribution in [3.63, 3.8) is 0 Å². The standard InChI is InChI=1S/C10H8N2OS/c11-5-9-1-2-10(13-9)6-12-8-3-4-14-7-8/h1-4,7,12H,6H2. The summed E-state index contributed by atoms with van der Waals surface area (Å²) in [7, 11) is 0. The van der Waals surface area contributed by atoms with Gasteiger partial charge in [-0.15, -0.1) is 0 Å². The molecule has 2 rings (SSSR count). The van der Waals surface area contributed by atoms with Crippen LogP contribution in [0.15, 0.2) is 33.4 Å². The average molecular weight is 204 g/mol. The molecular formula is C10H8N2OS. The van der Waals surface area contributed by atoms with Crippen molar-refractivity contribution in [1.29, 1.82) is 5.26 Å². The highest BCUT2D eigenvalue weighted by Gasteiger charge is 2.00. The van der Waals surface area contributed by atoms with Crippen LogP contribution < -0.4 is 5.32 Å². The van der Waals surface area contributed by atoms with Gasteiger partial charge in [-0.3, -0.25) is 0 Å². The molecule has 0 spiro atoms. The molecule has 0 radical (unpaired) electrons. The molecule has 0 aliphatic rings. The topological polar surface area (TPSA) is 49.0 Å². The SMILES string of the molecule is N#Cc1ccc(CNc2ccsc2)o1. The monoisotopic (exact) mass is 204 g/mol. The zero-order chi connectivity index (χ0) is 9.80. The first-order valence-corrected chi connectivity index (χ1v) is 5.07.